The van der Waals surface area contributed by atoms with E-state index in [4.69, 9.17) is 0 Å². The molecule has 2 aliphatic heterocycles. The van der Waals surface area contributed by atoms with Gasteiger partial charge in [0.15, 0.2) is 0 Å². The monoisotopic (exact) mass is 718 g/mol. The number of nitrogens with zero attached hydrogens (tertiary/aromatic N) is 5. The number of carbonyl (C=O) groups excluding carboxylic acids is 3. The zero-order valence-electron chi connectivity index (χ0n) is 30.2. The summed E-state index contributed by atoms with van der Waals surface area (Å²) >= 11 is 0. The average Bonchev–Trinajstić information content (AvgIpc) is 3.65. The van der Waals surface area contributed by atoms with Crippen LogP contribution >= 0.6 is 0 Å². The van der Waals surface area contributed by atoms with E-state index < -0.39 is 0 Å². The highest BCUT2D eigenvalue weighted by molar-refractivity contribution is 6.01. The Morgan fingerprint density at radius 2 is 1.70 bits per heavy atom. The fourth-order valence-electron chi connectivity index (χ4n) is 7.50. The summed E-state index contributed by atoms with van der Waals surface area (Å²) in [6.07, 6.45) is 9.94. The van der Waals surface area contributed by atoms with Crippen LogP contribution in [-0.4, -0.2) is 61.3 Å². The summed E-state index contributed by atoms with van der Waals surface area (Å²) < 4.78 is 1.88. The molecule has 11 heteroatoms. The summed E-state index contributed by atoms with van der Waals surface area (Å²) in [5, 5.41) is 13.2. The molecule has 11 nitrogen and oxygen atoms in total. The minimum atomic E-state index is -0.372. The van der Waals surface area contributed by atoms with E-state index in [9.17, 15) is 14.4 Å². The van der Waals surface area contributed by atoms with Crippen LogP contribution in [0.2, 0.25) is 0 Å². The molecule has 6 aromatic rings. The van der Waals surface area contributed by atoms with Gasteiger partial charge in [0.05, 0.1) is 16.8 Å². The van der Waals surface area contributed by atoms with Crippen LogP contribution < -0.4 is 16.0 Å². The topological polar surface area (TPSA) is 134 Å². The number of imide groups is 1. The molecule has 3 N–H and O–H groups in total. The predicted molar refractivity (Wildman–Crippen MR) is 207 cm³/mol. The summed E-state index contributed by atoms with van der Waals surface area (Å²) in [6, 6.07) is 28.7. The van der Waals surface area contributed by atoms with Gasteiger partial charge in [-0.2, -0.15) is 5.10 Å². The number of rotatable bonds is 10. The highest BCUT2D eigenvalue weighted by Gasteiger charge is 2.26. The number of aromatic nitrogens is 4. The van der Waals surface area contributed by atoms with E-state index in [-0.39, 0.29) is 23.8 Å². The molecular formula is C43H42N8O3. The third-order valence-electron chi connectivity index (χ3n) is 10.6. The molecule has 54 heavy (non-hydrogen) atoms. The molecular weight excluding hydrogens is 677 g/mol. The van der Waals surface area contributed by atoms with Crippen molar-refractivity contribution in [3.8, 4) is 22.4 Å². The number of amides is 3. The summed E-state index contributed by atoms with van der Waals surface area (Å²) in [7, 11) is 0. The van der Waals surface area contributed by atoms with Crippen LogP contribution in [0.25, 0.3) is 27.9 Å². The lowest BCUT2D eigenvalue weighted by Gasteiger charge is -2.32. The van der Waals surface area contributed by atoms with Crippen LogP contribution in [0.5, 0.6) is 0 Å². The van der Waals surface area contributed by atoms with Crippen molar-refractivity contribution in [2.45, 2.75) is 57.7 Å². The van der Waals surface area contributed by atoms with E-state index in [1.54, 1.807) is 30.9 Å². The summed E-state index contributed by atoms with van der Waals surface area (Å²) in [6.45, 7) is 5.46. The van der Waals surface area contributed by atoms with Crippen LogP contribution in [0.4, 0.5) is 5.69 Å². The van der Waals surface area contributed by atoms with Gasteiger partial charge in [0, 0.05) is 54.9 Å². The zero-order chi connectivity index (χ0) is 37.0. The molecule has 3 aromatic heterocycles. The van der Waals surface area contributed by atoms with Crippen molar-refractivity contribution in [1.82, 2.24) is 35.1 Å². The number of nitrogens with one attached hydrogen (secondary N) is 3. The van der Waals surface area contributed by atoms with Crippen molar-refractivity contribution in [3.05, 3.63) is 138 Å². The molecule has 0 saturated carbocycles. The molecule has 2 fully saturated rings. The van der Waals surface area contributed by atoms with Crippen molar-refractivity contribution in [2.24, 2.45) is 0 Å². The molecule has 0 bridgehead atoms. The first-order valence-electron chi connectivity index (χ1n) is 18.5. The first-order chi connectivity index (χ1) is 26.4. The second-order valence-electron chi connectivity index (χ2n) is 14.3. The van der Waals surface area contributed by atoms with Gasteiger partial charge in [0.2, 0.25) is 11.8 Å². The minimum Gasteiger partial charge on any atom is -0.374 e. The quantitative estimate of drug-likeness (QED) is 0.141. The van der Waals surface area contributed by atoms with Gasteiger partial charge in [-0.05, 0) is 109 Å². The Balaban J connectivity index is 0.863. The van der Waals surface area contributed by atoms with E-state index >= 15 is 0 Å². The zero-order valence-corrected chi connectivity index (χ0v) is 30.2. The minimum absolute atomic E-state index is 0.151. The number of fused-ring (bicyclic) bond motifs is 1. The Bertz CT molecular complexity index is 2300. The molecule has 5 heterocycles. The standard InChI is InChI=1S/C43H42N8O3/c1-28-21-33(8-9-34(28)24-45-42(53)35-3-2-18-44-23-35)41-39-22-36(26-51(39)47-27-46-41)31-6-4-29(5-7-31)25-50-19-16-32(17-20-50)30-10-12-37(13-11-30)48-38-14-15-40(52)49-43(38)54/h2-13,18,21-23,26-27,32,38,48H,14-17,19-20,24-25H2,1H3,(H,45,53)(H,49,52,54). The fraction of sp³-hybridized carbons (Fsp3) is 0.256. The number of aryl methyl sites for hydroxylation is 1. The lowest BCUT2D eigenvalue weighted by Crippen LogP contribution is -2.47. The third kappa shape index (κ3) is 7.77. The highest BCUT2D eigenvalue weighted by Crippen LogP contribution is 2.32. The van der Waals surface area contributed by atoms with Crippen LogP contribution in [0.1, 0.15) is 64.2 Å². The second-order valence-corrected chi connectivity index (χ2v) is 14.3. The van der Waals surface area contributed by atoms with Crippen molar-refractivity contribution in [1.29, 1.82) is 0 Å². The SMILES string of the molecule is Cc1cc(-c2ncnn3cc(-c4ccc(CN5CCC(c6ccc(NC7CCC(=O)NC7=O)cc6)CC5)cc4)cc23)ccc1CNC(=O)c1cccnc1. The lowest BCUT2D eigenvalue weighted by atomic mass is 9.89. The molecule has 3 amide bonds. The Morgan fingerprint density at radius 1 is 0.907 bits per heavy atom. The van der Waals surface area contributed by atoms with Gasteiger partial charge < -0.3 is 10.6 Å². The van der Waals surface area contributed by atoms with E-state index in [0.717, 1.165) is 77.2 Å². The van der Waals surface area contributed by atoms with Crippen LogP contribution in [0.15, 0.2) is 110 Å². The average molecular weight is 719 g/mol. The molecule has 1 unspecified atom stereocenters. The Labute approximate surface area is 313 Å². The van der Waals surface area contributed by atoms with Crippen LogP contribution in [0, 0.1) is 6.92 Å². The first-order valence-corrected chi connectivity index (χ1v) is 18.5. The maximum atomic E-state index is 12.5. The predicted octanol–water partition coefficient (Wildman–Crippen LogP) is 6.29. The van der Waals surface area contributed by atoms with Crippen molar-refractivity contribution >= 4 is 28.9 Å². The number of likely N-dealkylation sites (tertiary alicyclic amines) is 1. The number of piperidine rings is 2. The normalized spacial score (nSPS) is 16.6. The number of hydrogen-bond donors (Lipinski definition) is 3. The first kappa shape index (κ1) is 34.9. The van der Waals surface area contributed by atoms with Crippen LogP contribution in [-0.2, 0) is 22.7 Å². The molecule has 272 valence electrons. The van der Waals surface area contributed by atoms with Crippen molar-refractivity contribution < 1.29 is 14.4 Å². The molecule has 1 atom stereocenters. The van der Waals surface area contributed by atoms with Gasteiger partial charge >= 0.3 is 0 Å². The molecule has 2 saturated heterocycles. The van der Waals surface area contributed by atoms with Crippen molar-refractivity contribution in [3.63, 3.8) is 0 Å². The third-order valence-corrected chi connectivity index (χ3v) is 10.6. The molecule has 8 rings (SSSR count). The summed E-state index contributed by atoms with van der Waals surface area (Å²) in [5.41, 5.74) is 11.1. The number of benzene rings is 3. The largest absolute Gasteiger partial charge is 0.374 e. The van der Waals surface area contributed by atoms with Gasteiger partial charge in [0.25, 0.3) is 5.91 Å². The van der Waals surface area contributed by atoms with Gasteiger partial charge in [-0.3, -0.25) is 29.6 Å². The molecule has 3 aromatic carbocycles. The van der Waals surface area contributed by atoms with E-state index in [2.05, 4.69) is 84.4 Å². The molecule has 0 spiro atoms. The summed E-state index contributed by atoms with van der Waals surface area (Å²) in [4.78, 5) is 47.3. The fourth-order valence-corrected chi connectivity index (χ4v) is 7.50. The smallest absolute Gasteiger partial charge is 0.253 e. The van der Waals surface area contributed by atoms with Gasteiger partial charge in [-0.15, -0.1) is 0 Å². The van der Waals surface area contributed by atoms with Gasteiger partial charge in [-0.25, -0.2) is 9.50 Å². The molecule has 0 aliphatic carbocycles. The molecule has 2 aliphatic rings. The Morgan fingerprint density at radius 3 is 2.44 bits per heavy atom. The van der Waals surface area contributed by atoms with E-state index in [1.807, 2.05) is 41.9 Å². The second kappa shape index (κ2) is 15.4. The van der Waals surface area contributed by atoms with Gasteiger partial charge in [-0.1, -0.05) is 48.5 Å². The number of pyridine rings is 1. The summed E-state index contributed by atoms with van der Waals surface area (Å²) in [5.74, 6) is -0.0944. The van der Waals surface area contributed by atoms with Crippen LogP contribution in [0.3, 0.4) is 0 Å². The van der Waals surface area contributed by atoms with E-state index in [1.165, 1.54) is 11.1 Å². The number of anilines is 1. The molecule has 0 radical (unpaired) electrons. The van der Waals surface area contributed by atoms with Crippen molar-refractivity contribution in [2.75, 3.05) is 18.4 Å². The number of carbonyl (C=O) groups is 3. The Hall–Kier alpha value is -6.20. The highest BCUT2D eigenvalue weighted by atomic mass is 16.2. The maximum absolute atomic E-state index is 12.5. The lowest BCUT2D eigenvalue weighted by molar-refractivity contribution is -0.133. The van der Waals surface area contributed by atoms with Gasteiger partial charge in [0.1, 0.15) is 12.4 Å². The van der Waals surface area contributed by atoms with E-state index in [0.29, 0.717) is 30.9 Å². The Kier molecular flexibility index (Phi) is 9.95. The number of hydrogen-bond acceptors (Lipinski definition) is 8. The maximum Gasteiger partial charge on any atom is 0.253 e.